The second-order valence-corrected chi connectivity index (χ2v) is 5.58. The number of likely N-dealkylation sites (N-methyl/N-ethyl adjacent to an activating group) is 1. The highest BCUT2D eigenvalue weighted by atomic mass is 19.1. The first-order valence-electron chi connectivity index (χ1n) is 8.11. The van der Waals surface area contributed by atoms with Crippen molar-refractivity contribution in [3.05, 3.63) is 54.4 Å². The number of ether oxygens (including phenoxy) is 1. The highest BCUT2D eigenvalue weighted by molar-refractivity contribution is 5.76. The highest BCUT2D eigenvalue weighted by Gasteiger charge is 2.14. The second kappa shape index (κ2) is 8.28. The Labute approximate surface area is 149 Å². The molecule has 0 radical (unpaired) electrons. The van der Waals surface area contributed by atoms with Gasteiger partial charge >= 0.3 is 0 Å². The summed E-state index contributed by atoms with van der Waals surface area (Å²) in [5.41, 5.74) is 0. The fourth-order valence-electron chi connectivity index (χ4n) is 2.25. The smallest absolute Gasteiger partial charge is 0.238 e. The molecule has 1 amide bonds. The fraction of sp³-hybridized carbons (Fsp3) is 0.278. The maximum Gasteiger partial charge on any atom is 0.238 e. The lowest BCUT2D eigenvalue weighted by atomic mass is 10.3. The monoisotopic (exact) mass is 359 g/mol. The summed E-state index contributed by atoms with van der Waals surface area (Å²) in [6.07, 6.45) is 2.06. The number of para-hydroxylation sites is 1. The van der Waals surface area contributed by atoms with Gasteiger partial charge in [-0.3, -0.25) is 4.79 Å². The van der Waals surface area contributed by atoms with Crippen molar-refractivity contribution < 1.29 is 22.9 Å². The Morgan fingerprint density at radius 3 is 2.88 bits per heavy atom. The zero-order valence-corrected chi connectivity index (χ0v) is 14.2. The van der Waals surface area contributed by atoms with Gasteiger partial charge in [-0.15, -0.1) is 0 Å². The van der Waals surface area contributed by atoms with Crippen LogP contribution in [-0.2, 0) is 11.2 Å². The molecule has 3 aromatic rings. The molecule has 26 heavy (non-hydrogen) atoms. The van der Waals surface area contributed by atoms with Gasteiger partial charge < -0.3 is 18.6 Å². The van der Waals surface area contributed by atoms with Crippen molar-refractivity contribution >= 4 is 5.91 Å². The zero-order chi connectivity index (χ0) is 18.4. The van der Waals surface area contributed by atoms with Crippen molar-refractivity contribution in [1.29, 1.82) is 0 Å². The quantitative estimate of drug-likeness (QED) is 0.615. The van der Waals surface area contributed by atoms with Crippen LogP contribution in [-0.4, -0.2) is 41.1 Å². The molecular weight excluding hydrogens is 341 g/mol. The summed E-state index contributed by atoms with van der Waals surface area (Å²) in [4.78, 5) is 17.9. The number of halogens is 1. The van der Waals surface area contributed by atoms with Crippen LogP contribution in [0.1, 0.15) is 12.3 Å². The molecule has 0 bridgehead atoms. The van der Waals surface area contributed by atoms with Gasteiger partial charge in [0.2, 0.25) is 17.6 Å². The van der Waals surface area contributed by atoms with Crippen molar-refractivity contribution in [3.63, 3.8) is 0 Å². The van der Waals surface area contributed by atoms with Gasteiger partial charge in [-0.1, -0.05) is 17.3 Å². The van der Waals surface area contributed by atoms with Crippen LogP contribution in [0, 0.1) is 5.82 Å². The lowest BCUT2D eigenvalue weighted by molar-refractivity contribution is -0.130. The number of benzene rings is 1. The van der Waals surface area contributed by atoms with E-state index in [2.05, 4.69) is 10.1 Å². The summed E-state index contributed by atoms with van der Waals surface area (Å²) < 4.78 is 29.1. The molecule has 0 N–H and O–H groups in total. The minimum atomic E-state index is -0.426. The van der Waals surface area contributed by atoms with Gasteiger partial charge in [0.25, 0.3) is 0 Å². The van der Waals surface area contributed by atoms with Crippen molar-refractivity contribution in [2.75, 3.05) is 20.2 Å². The Bertz CT molecular complexity index is 848. The van der Waals surface area contributed by atoms with E-state index in [1.54, 1.807) is 37.4 Å². The zero-order valence-electron chi connectivity index (χ0n) is 14.2. The summed E-state index contributed by atoms with van der Waals surface area (Å²) in [5, 5.41) is 3.81. The third-order valence-corrected chi connectivity index (χ3v) is 3.71. The number of aromatic nitrogens is 2. The van der Waals surface area contributed by atoms with Crippen LogP contribution in [0.4, 0.5) is 4.39 Å². The predicted molar refractivity (Wildman–Crippen MR) is 89.9 cm³/mol. The Kier molecular flexibility index (Phi) is 5.62. The molecule has 0 fully saturated rings. The summed E-state index contributed by atoms with van der Waals surface area (Å²) in [6, 6.07) is 9.60. The van der Waals surface area contributed by atoms with Crippen LogP contribution in [0.5, 0.6) is 5.75 Å². The maximum atomic E-state index is 13.4. The number of carbonyl (C=O) groups excluding carboxylic acids is 1. The molecule has 0 spiro atoms. The van der Waals surface area contributed by atoms with E-state index in [4.69, 9.17) is 13.7 Å². The largest absolute Gasteiger partial charge is 0.489 e. The van der Waals surface area contributed by atoms with Crippen LogP contribution >= 0.6 is 0 Å². The third kappa shape index (κ3) is 4.47. The Hall–Kier alpha value is -3.16. The van der Waals surface area contributed by atoms with E-state index in [-0.39, 0.29) is 24.7 Å². The lowest BCUT2D eigenvalue weighted by Crippen LogP contribution is -2.31. The maximum absolute atomic E-state index is 13.4. The van der Waals surface area contributed by atoms with Crippen molar-refractivity contribution in [3.8, 4) is 17.3 Å². The molecule has 2 heterocycles. The Morgan fingerprint density at radius 1 is 1.27 bits per heavy atom. The number of hydrogen-bond acceptors (Lipinski definition) is 6. The molecule has 0 saturated carbocycles. The van der Waals surface area contributed by atoms with Gasteiger partial charge in [0.15, 0.2) is 17.3 Å². The van der Waals surface area contributed by atoms with Crippen molar-refractivity contribution in [2.24, 2.45) is 0 Å². The molecule has 8 heteroatoms. The lowest BCUT2D eigenvalue weighted by Gasteiger charge is -2.17. The van der Waals surface area contributed by atoms with E-state index < -0.39 is 5.82 Å². The summed E-state index contributed by atoms with van der Waals surface area (Å²) >= 11 is 0. The molecule has 0 aliphatic rings. The number of furan rings is 1. The third-order valence-electron chi connectivity index (χ3n) is 3.71. The first-order valence-corrected chi connectivity index (χ1v) is 8.11. The van der Waals surface area contributed by atoms with Gasteiger partial charge in [-0.05, 0) is 24.3 Å². The number of rotatable bonds is 8. The molecule has 136 valence electrons. The van der Waals surface area contributed by atoms with Gasteiger partial charge in [0.05, 0.1) is 12.8 Å². The van der Waals surface area contributed by atoms with Gasteiger partial charge in [0, 0.05) is 19.9 Å². The van der Waals surface area contributed by atoms with Gasteiger partial charge in [-0.25, -0.2) is 4.39 Å². The molecule has 2 aromatic heterocycles. The molecule has 3 rings (SSSR count). The van der Waals surface area contributed by atoms with E-state index in [1.165, 1.54) is 17.2 Å². The predicted octanol–water partition coefficient (Wildman–Crippen LogP) is 2.94. The standard InChI is InChI=1S/C18H18FN3O4/c1-22(10-12-25-14-6-3-2-5-13(14)19)17(23)9-8-16-20-18(21-26-16)15-7-4-11-24-15/h2-7,11H,8-10,12H2,1H3. The van der Waals surface area contributed by atoms with E-state index in [1.807, 2.05) is 0 Å². The summed E-state index contributed by atoms with van der Waals surface area (Å²) in [6.45, 7) is 0.543. The minimum Gasteiger partial charge on any atom is -0.489 e. The van der Waals surface area contributed by atoms with Crippen LogP contribution in [0.2, 0.25) is 0 Å². The number of aryl methyl sites for hydroxylation is 1. The Balaban J connectivity index is 1.42. The van der Waals surface area contributed by atoms with E-state index in [0.717, 1.165) is 0 Å². The molecule has 0 aliphatic carbocycles. The van der Waals surface area contributed by atoms with Crippen molar-refractivity contribution in [1.82, 2.24) is 15.0 Å². The molecule has 0 aliphatic heterocycles. The van der Waals surface area contributed by atoms with Gasteiger partial charge in [0.1, 0.15) is 6.61 Å². The highest BCUT2D eigenvalue weighted by Crippen LogP contribution is 2.17. The van der Waals surface area contributed by atoms with Crippen LogP contribution in [0.3, 0.4) is 0 Å². The van der Waals surface area contributed by atoms with Crippen molar-refractivity contribution in [2.45, 2.75) is 12.8 Å². The number of hydrogen-bond donors (Lipinski definition) is 0. The fourth-order valence-corrected chi connectivity index (χ4v) is 2.25. The summed E-state index contributed by atoms with van der Waals surface area (Å²) in [7, 11) is 1.66. The molecule has 0 unspecified atom stereocenters. The van der Waals surface area contributed by atoms with E-state index in [9.17, 15) is 9.18 Å². The SMILES string of the molecule is CN(CCOc1ccccc1F)C(=O)CCc1nc(-c2ccco2)no1. The minimum absolute atomic E-state index is 0.0973. The number of carbonyl (C=O) groups is 1. The topological polar surface area (TPSA) is 81.6 Å². The van der Waals surface area contributed by atoms with E-state index in [0.29, 0.717) is 30.4 Å². The summed E-state index contributed by atoms with van der Waals surface area (Å²) in [5.74, 6) is 0.869. The van der Waals surface area contributed by atoms with E-state index >= 15 is 0 Å². The van der Waals surface area contributed by atoms with Gasteiger partial charge in [-0.2, -0.15) is 4.98 Å². The average molecular weight is 359 g/mol. The molecular formula is C18H18FN3O4. The van der Waals surface area contributed by atoms with Crippen LogP contribution in [0.25, 0.3) is 11.6 Å². The number of amides is 1. The molecule has 0 atom stereocenters. The Morgan fingerprint density at radius 2 is 2.12 bits per heavy atom. The number of nitrogens with zero attached hydrogens (tertiary/aromatic N) is 3. The van der Waals surface area contributed by atoms with Crippen LogP contribution in [0.15, 0.2) is 51.6 Å². The molecule has 1 aromatic carbocycles. The first kappa shape index (κ1) is 17.7. The normalized spacial score (nSPS) is 10.7. The second-order valence-electron chi connectivity index (χ2n) is 5.58. The first-order chi connectivity index (χ1) is 12.6. The molecule has 7 nitrogen and oxygen atoms in total. The molecule has 0 saturated heterocycles. The van der Waals surface area contributed by atoms with Crippen LogP contribution < -0.4 is 4.74 Å². The average Bonchev–Trinajstić information content (AvgIpc) is 3.32.